The van der Waals surface area contributed by atoms with Gasteiger partial charge in [-0.3, -0.25) is 9.59 Å². The molecule has 0 radical (unpaired) electrons. The Labute approximate surface area is 152 Å². The topological polar surface area (TPSA) is 60.8 Å². The van der Waals surface area contributed by atoms with E-state index < -0.39 is 0 Å². The highest BCUT2D eigenvalue weighted by Crippen LogP contribution is 2.34. The van der Waals surface area contributed by atoms with Gasteiger partial charge in [0.25, 0.3) is 11.5 Å². The van der Waals surface area contributed by atoms with Gasteiger partial charge in [0, 0.05) is 37.3 Å². The summed E-state index contributed by atoms with van der Waals surface area (Å²) in [6.07, 6.45) is 1.03. The third-order valence-corrected chi connectivity index (χ3v) is 5.25. The number of hydrogen-bond acceptors (Lipinski definition) is 4. The third kappa shape index (κ3) is 3.19. The minimum Gasteiger partial charge on any atom is -0.497 e. The molecule has 2 atom stereocenters. The predicted molar refractivity (Wildman–Crippen MR) is 96.6 cm³/mol. The van der Waals surface area contributed by atoms with E-state index in [0.717, 1.165) is 17.9 Å². The van der Waals surface area contributed by atoms with Gasteiger partial charge in [0.15, 0.2) is 6.61 Å². The van der Waals surface area contributed by atoms with Gasteiger partial charge in [-0.2, -0.15) is 0 Å². The molecule has 1 fully saturated rings. The van der Waals surface area contributed by atoms with Gasteiger partial charge < -0.3 is 18.9 Å². The van der Waals surface area contributed by atoms with E-state index in [4.69, 9.17) is 9.47 Å². The Hall–Kier alpha value is -2.76. The molecule has 4 rings (SSSR count). The summed E-state index contributed by atoms with van der Waals surface area (Å²) in [5.74, 6) is 1.93. The van der Waals surface area contributed by atoms with E-state index in [1.807, 2.05) is 21.6 Å². The molecule has 1 aromatic carbocycles. The monoisotopic (exact) mass is 354 g/mol. The first-order valence-corrected chi connectivity index (χ1v) is 8.88. The van der Waals surface area contributed by atoms with Crippen LogP contribution in [0.1, 0.15) is 18.0 Å². The first kappa shape index (κ1) is 16.7. The third-order valence-electron chi connectivity index (χ3n) is 5.25. The highest BCUT2D eigenvalue weighted by atomic mass is 16.5. The number of amides is 1. The first-order chi connectivity index (χ1) is 12.6. The lowest BCUT2D eigenvalue weighted by Gasteiger charge is -2.42. The molecule has 2 aromatic rings. The van der Waals surface area contributed by atoms with Crippen LogP contribution in [0.25, 0.3) is 0 Å². The molecule has 0 N–H and O–H groups in total. The van der Waals surface area contributed by atoms with Crippen LogP contribution < -0.4 is 15.0 Å². The van der Waals surface area contributed by atoms with Crippen molar-refractivity contribution in [2.24, 2.45) is 5.92 Å². The molecule has 0 saturated carbocycles. The van der Waals surface area contributed by atoms with Crippen LogP contribution in [0.15, 0.2) is 47.3 Å². The van der Waals surface area contributed by atoms with Gasteiger partial charge in [0.1, 0.15) is 11.5 Å². The van der Waals surface area contributed by atoms with E-state index in [0.29, 0.717) is 31.3 Å². The average Bonchev–Trinajstić information content (AvgIpc) is 2.67. The molecule has 26 heavy (non-hydrogen) atoms. The maximum Gasteiger partial charge on any atom is 0.260 e. The SMILES string of the molecule is COc1ccc(OCC(=O)N2CC3CC(C2)c2cccc(=O)n2C3)cc1. The van der Waals surface area contributed by atoms with E-state index in [1.54, 1.807) is 37.4 Å². The van der Waals surface area contributed by atoms with E-state index in [2.05, 4.69) is 0 Å². The molecule has 2 aliphatic rings. The highest BCUT2D eigenvalue weighted by Gasteiger charge is 2.36. The zero-order valence-electron chi connectivity index (χ0n) is 14.8. The molecule has 0 spiro atoms. The Kier molecular flexibility index (Phi) is 4.41. The number of hydrogen-bond donors (Lipinski definition) is 0. The van der Waals surface area contributed by atoms with Crippen molar-refractivity contribution in [3.05, 3.63) is 58.5 Å². The van der Waals surface area contributed by atoms with Crippen molar-refractivity contribution in [2.45, 2.75) is 18.9 Å². The van der Waals surface area contributed by atoms with Crippen LogP contribution in [0, 0.1) is 5.92 Å². The lowest BCUT2D eigenvalue weighted by atomic mass is 9.83. The smallest absolute Gasteiger partial charge is 0.260 e. The van der Waals surface area contributed by atoms with Crippen molar-refractivity contribution in [2.75, 3.05) is 26.8 Å². The maximum absolute atomic E-state index is 12.6. The molecule has 2 aliphatic heterocycles. The lowest BCUT2D eigenvalue weighted by Crippen LogP contribution is -2.50. The van der Waals surface area contributed by atoms with Gasteiger partial charge in [-0.05, 0) is 42.7 Å². The van der Waals surface area contributed by atoms with Crippen LogP contribution >= 0.6 is 0 Å². The second-order valence-corrected chi connectivity index (χ2v) is 6.96. The Bertz CT molecular complexity index is 859. The average molecular weight is 354 g/mol. The van der Waals surface area contributed by atoms with E-state index in [9.17, 15) is 9.59 Å². The zero-order chi connectivity index (χ0) is 18.1. The zero-order valence-corrected chi connectivity index (χ0v) is 14.8. The molecule has 1 amide bonds. The van der Waals surface area contributed by atoms with Crippen molar-refractivity contribution in [1.82, 2.24) is 9.47 Å². The van der Waals surface area contributed by atoms with Gasteiger partial charge in [-0.1, -0.05) is 6.07 Å². The standard InChI is InChI=1S/C20H22N2O4/c1-25-16-5-7-17(8-6-16)26-13-20(24)21-10-14-9-15(12-21)18-3-2-4-19(23)22(18)11-14/h2-8,14-15H,9-13H2,1H3. The number of nitrogens with zero attached hydrogens (tertiary/aromatic N) is 2. The summed E-state index contributed by atoms with van der Waals surface area (Å²) >= 11 is 0. The fourth-order valence-corrected chi connectivity index (χ4v) is 4.01. The molecule has 0 aliphatic carbocycles. The summed E-state index contributed by atoms with van der Waals surface area (Å²) in [5, 5.41) is 0. The Morgan fingerprint density at radius 3 is 2.62 bits per heavy atom. The number of carbonyl (C=O) groups excluding carboxylic acids is 1. The minimum absolute atomic E-state index is 0.0118. The quantitative estimate of drug-likeness (QED) is 0.841. The number of rotatable bonds is 4. The first-order valence-electron chi connectivity index (χ1n) is 8.88. The summed E-state index contributed by atoms with van der Waals surface area (Å²) < 4.78 is 12.6. The summed E-state index contributed by atoms with van der Waals surface area (Å²) in [6.45, 7) is 2.04. The van der Waals surface area contributed by atoms with Crippen LogP contribution in [-0.2, 0) is 11.3 Å². The predicted octanol–water partition coefficient (Wildman–Crippen LogP) is 1.88. The number of aromatic nitrogens is 1. The van der Waals surface area contributed by atoms with E-state index in [1.165, 1.54) is 0 Å². The molecule has 1 aromatic heterocycles. The van der Waals surface area contributed by atoms with Crippen molar-refractivity contribution in [1.29, 1.82) is 0 Å². The van der Waals surface area contributed by atoms with Crippen LogP contribution in [0.5, 0.6) is 11.5 Å². The summed E-state index contributed by atoms with van der Waals surface area (Å²) in [5.41, 5.74) is 1.10. The normalized spacial score (nSPS) is 21.0. The number of fused-ring (bicyclic) bond motifs is 4. The minimum atomic E-state index is -0.0118. The highest BCUT2D eigenvalue weighted by molar-refractivity contribution is 5.78. The van der Waals surface area contributed by atoms with Crippen molar-refractivity contribution < 1.29 is 14.3 Å². The number of pyridine rings is 1. The number of benzene rings is 1. The van der Waals surface area contributed by atoms with Gasteiger partial charge in [0.05, 0.1) is 7.11 Å². The molecule has 6 heteroatoms. The van der Waals surface area contributed by atoms with E-state index in [-0.39, 0.29) is 24.0 Å². The second kappa shape index (κ2) is 6.86. The van der Waals surface area contributed by atoms with Crippen LogP contribution in [0.2, 0.25) is 0 Å². The molecular weight excluding hydrogens is 332 g/mol. The van der Waals surface area contributed by atoms with Crippen molar-refractivity contribution >= 4 is 5.91 Å². The summed E-state index contributed by atoms with van der Waals surface area (Å²) in [4.78, 5) is 26.6. The lowest BCUT2D eigenvalue weighted by molar-refractivity contribution is -0.136. The fourth-order valence-electron chi connectivity index (χ4n) is 4.01. The van der Waals surface area contributed by atoms with Gasteiger partial charge in [0.2, 0.25) is 0 Å². The van der Waals surface area contributed by atoms with Crippen molar-refractivity contribution in [3.63, 3.8) is 0 Å². The Morgan fingerprint density at radius 2 is 1.85 bits per heavy atom. The summed E-state index contributed by atoms with van der Waals surface area (Å²) in [6, 6.07) is 12.6. The fraction of sp³-hybridized carbons (Fsp3) is 0.400. The van der Waals surface area contributed by atoms with Crippen LogP contribution in [0.4, 0.5) is 0 Å². The van der Waals surface area contributed by atoms with E-state index >= 15 is 0 Å². The summed E-state index contributed by atoms with van der Waals surface area (Å²) in [7, 11) is 1.61. The maximum atomic E-state index is 12.6. The van der Waals surface area contributed by atoms with Crippen LogP contribution in [-0.4, -0.2) is 42.2 Å². The number of likely N-dealkylation sites (tertiary alicyclic amines) is 1. The van der Waals surface area contributed by atoms with Crippen LogP contribution in [0.3, 0.4) is 0 Å². The van der Waals surface area contributed by atoms with Gasteiger partial charge in [-0.25, -0.2) is 0 Å². The second-order valence-electron chi connectivity index (χ2n) is 6.96. The largest absolute Gasteiger partial charge is 0.497 e. The molecule has 3 heterocycles. The Balaban J connectivity index is 1.41. The number of piperidine rings is 1. The Morgan fingerprint density at radius 1 is 1.08 bits per heavy atom. The molecule has 2 unspecified atom stereocenters. The number of methoxy groups -OCH3 is 1. The number of ether oxygens (including phenoxy) is 2. The molecule has 2 bridgehead atoms. The molecule has 6 nitrogen and oxygen atoms in total. The number of carbonyl (C=O) groups is 1. The van der Waals surface area contributed by atoms with Gasteiger partial charge in [-0.15, -0.1) is 0 Å². The van der Waals surface area contributed by atoms with Gasteiger partial charge >= 0.3 is 0 Å². The molecule has 136 valence electrons. The molecular formula is C20H22N2O4. The van der Waals surface area contributed by atoms with Crippen molar-refractivity contribution in [3.8, 4) is 11.5 Å². The molecule has 1 saturated heterocycles.